The number of halogens is 1. The molecule has 3 aromatic carbocycles. The van der Waals surface area contributed by atoms with E-state index >= 15 is 0 Å². The summed E-state index contributed by atoms with van der Waals surface area (Å²) in [7, 11) is -4.09. The minimum Gasteiger partial charge on any atom is -0.352 e. The SMILES string of the molecule is CC1CCCN(CCCNC(=O)c2ccc3c(c2)N(NCc2ccccc2F)C(=O)c2ccccc2S3(=O)=O)C1. The van der Waals surface area contributed by atoms with E-state index in [1.165, 1.54) is 49.2 Å². The van der Waals surface area contributed by atoms with Crippen molar-refractivity contribution >= 4 is 27.3 Å². The maximum absolute atomic E-state index is 14.3. The van der Waals surface area contributed by atoms with Crippen LogP contribution in [0.1, 0.15) is 52.5 Å². The molecule has 0 spiro atoms. The number of piperidine rings is 1. The van der Waals surface area contributed by atoms with E-state index in [9.17, 15) is 22.4 Å². The quantitative estimate of drug-likeness (QED) is 0.399. The Kier molecular flexibility index (Phi) is 8.30. The molecule has 210 valence electrons. The number of benzene rings is 3. The van der Waals surface area contributed by atoms with Crippen LogP contribution >= 0.6 is 0 Å². The fourth-order valence-electron chi connectivity index (χ4n) is 5.35. The van der Waals surface area contributed by atoms with Crippen LogP contribution < -0.4 is 15.8 Å². The van der Waals surface area contributed by atoms with Gasteiger partial charge in [-0.15, -0.1) is 0 Å². The Morgan fingerprint density at radius 1 is 1.05 bits per heavy atom. The van der Waals surface area contributed by atoms with E-state index < -0.39 is 21.6 Å². The summed E-state index contributed by atoms with van der Waals surface area (Å²) in [6, 6.07) is 16.3. The number of fused-ring (bicyclic) bond motifs is 2. The first kappa shape index (κ1) is 27.9. The van der Waals surface area contributed by atoms with Crippen molar-refractivity contribution in [1.82, 2.24) is 15.6 Å². The van der Waals surface area contributed by atoms with Gasteiger partial charge in [0.25, 0.3) is 11.8 Å². The van der Waals surface area contributed by atoms with Gasteiger partial charge < -0.3 is 10.2 Å². The maximum Gasteiger partial charge on any atom is 0.274 e. The number of carbonyl (C=O) groups is 2. The molecule has 0 aliphatic carbocycles. The lowest BCUT2D eigenvalue weighted by Crippen LogP contribution is -2.43. The molecule has 2 aliphatic heterocycles. The molecule has 8 nitrogen and oxygen atoms in total. The second-order valence-electron chi connectivity index (χ2n) is 10.4. The van der Waals surface area contributed by atoms with E-state index in [0.29, 0.717) is 18.0 Å². The second kappa shape index (κ2) is 11.9. The van der Waals surface area contributed by atoms with Gasteiger partial charge in [0.05, 0.1) is 21.0 Å². The highest BCUT2D eigenvalue weighted by atomic mass is 32.2. The summed E-state index contributed by atoms with van der Waals surface area (Å²) in [5.74, 6) is -0.765. The summed E-state index contributed by atoms with van der Waals surface area (Å²) < 4.78 is 41.6. The summed E-state index contributed by atoms with van der Waals surface area (Å²) in [4.78, 5) is 28.9. The van der Waals surface area contributed by atoms with Gasteiger partial charge in [0.1, 0.15) is 5.82 Å². The fourth-order valence-corrected chi connectivity index (χ4v) is 6.96. The lowest BCUT2D eigenvalue weighted by molar-refractivity contribution is 0.0945. The first-order valence-electron chi connectivity index (χ1n) is 13.6. The van der Waals surface area contributed by atoms with E-state index in [1.807, 2.05) is 0 Å². The highest BCUT2D eigenvalue weighted by Crippen LogP contribution is 2.36. The Labute approximate surface area is 234 Å². The number of hydrogen-bond donors (Lipinski definition) is 2. The third kappa shape index (κ3) is 5.79. The van der Waals surface area contributed by atoms with Gasteiger partial charge >= 0.3 is 0 Å². The Hall–Kier alpha value is -3.60. The van der Waals surface area contributed by atoms with Crippen LogP contribution in [0.2, 0.25) is 0 Å². The van der Waals surface area contributed by atoms with Gasteiger partial charge in [-0.2, -0.15) is 0 Å². The molecule has 10 heteroatoms. The molecular formula is C30H33FN4O4S. The maximum atomic E-state index is 14.3. The summed E-state index contributed by atoms with van der Waals surface area (Å²) in [6.45, 7) is 5.69. The second-order valence-corrected chi connectivity index (χ2v) is 12.3. The Balaban J connectivity index is 1.40. The summed E-state index contributed by atoms with van der Waals surface area (Å²) in [6.07, 6.45) is 3.23. The fraction of sp³-hybridized carbons (Fsp3) is 0.333. The van der Waals surface area contributed by atoms with Gasteiger partial charge in [-0.25, -0.2) is 23.2 Å². The molecule has 1 fully saturated rings. The number of rotatable bonds is 8. The summed E-state index contributed by atoms with van der Waals surface area (Å²) in [5, 5.41) is 4.01. The zero-order valence-electron chi connectivity index (χ0n) is 22.4. The molecule has 2 heterocycles. The normalized spacial score (nSPS) is 18.5. The monoisotopic (exact) mass is 564 g/mol. The van der Waals surface area contributed by atoms with E-state index in [1.54, 1.807) is 30.3 Å². The number of likely N-dealkylation sites (tertiary alicyclic amines) is 1. The lowest BCUT2D eigenvalue weighted by Gasteiger charge is -2.30. The molecule has 2 N–H and O–H groups in total. The van der Waals surface area contributed by atoms with Crippen molar-refractivity contribution < 1.29 is 22.4 Å². The average Bonchev–Trinajstić information content (AvgIpc) is 3.02. The molecule has 2 aliphatic rings. The van der Waals surface area contributed by atoms with Crippen molar-refractivity contribution in [2.75, 3.05) is 31.2 Å². The number of nitrogens with one attached hydrogen (secondary N) is 2. The molecule has 5 rings (SSSR count). The van der Waals surface area contributed by atoms with Crippen LogP contribution in [-0.2, 0) is 16.4 Å². The first-order chi connectivity index (χ1) is 19.3. The number of sulfone groups is 1. The summed E-state index contributed by atoms with van der Waals surface area (Å²) in [5.41, 5.74) is 3.41. The molecule has 0 bridgehead atoms. The smallest absolute Gasteiger partial charge is 0.274 e. The standard InChI is InChI=1S/C30H33FN4O4S/c1-21-8-6-16-34(20-21)17-7-15-32-29(36)22-13-14-28-26(18-22)35(33-19-23-9-2-4-11-25(23)31)30(37)24-10-3-5-12-27(24)40(28,38)39/h2-5,9-14,18,21,33H,6-8,15-17,19-20H2,1H3,(H,32,36). The van der Waals surface area contributed by atoms with Crippen LogP contribution in [-0.4, -0.2) is 51.3 Å². The molecule has 0 aromatic heterocycles. The first-order valence-corrected chi connectivity index (χ1v) is 15.0. The number of hydrogen-bond acceptors (Lipinski definition) is 6. The number of carbonyl (C=O) groups excluding carboxylic acids is 2. The largest absolute Gasteiger partial charge is 0.352 e. The van der Waals surface area contributed by atoms with Crippen LogP contribution in [0.4, 0.5) is 10.1 Å². The number of amides is 2. The zero-order valence-corrected chi connectivity index (χ0v) is 23.2. The highest BCUT2D eigenvalue weighted by Gasteiger charge is 2.36. The van der Waals surface area contributed by atoms with Gasteiger partial charge in [0, 0.05) is 30.8 Å². The van der Waals surface area contributed by atoms with Crippen LogP contribution in [0.5, 0.6) is 0 Å². The van der Waals surface area contributed by atoms with Crippen molar-refractivity contribution in [3.05, 3.63) is 89.2 Å². The van der Waals surface area contributed by atoms with Crippen LogP contribution in [0, 0.1) is 11.7 Å². The van der Waals surface area contributed by atoms with Crippen LogP contribution in [0.15, 0.2) is 76.5 Å². The van der Waals surface area contributed by atoms with Crippen molar-refractivity contribution in [2.24, 2.45) is 5.92 Å². The number of hydrazine groups is 1. The minimum absolute atomic E-state index is 0.00694. The third-order valence-electron chi connectivity index (χ3n) is 7.42. The molecule has 1 unspecified atom stereocenters. The van der Waals surface area contributed by atoms with Crippen molar-refractivity contribution in [2.45, 2.75) is 42.5 Å². The predicted molar refractivity (Wildman–Crippen MR) is 150 cm³/mol. The van der Waals surface area contributed by atoms with Crippen molar-refractivity contribution in [3.8, 4) is 0 Å². The Morgan fingerprint density at radius 3 is 2.62 bits per heavy atom. The highest BCUT2D eigenvalue weighted by molar-refractivity contribution is 7.91. The minimum atomic E-state index is -4.09. The zero-order chi connectivity index (χ0) is 28.3. The van der Waals surface area contributed by atoms with E-state index in [2.05, 4.69) is 22.6 Å². The molecular weight excluding hydrogens is 531 g/mol. The van der Waals surface area contributed by atoms with E-state index in [-0.39, 0.29) is 39.1 Å². The molecule has 0 saturated carbocycles. The third-order valence-corrected chi connectivity index (χ3v) is 9.28. The van der Waals surface area contributed by atoms with Gasteiger partial charge in [0.2, 0.25) is 9.84 Å². The van der Waals surface area contributed by atoms with Crippen molar-refractivity contribution in [3.63, 3.8) is 0 Å². The van der Waals surface area contributed by atoms with E-state index in [4.69, 9.17) is 0 Å². The number of nitrogens with zero attached hydrogens (tertiary/aromatic N) is 2. The average molecular weight is 565 g/mol. The van der Waals surface area contributed by atoms with E-state index in [0.717, 1.165) is 31.1 Å². The molecule has 40 heavy (non-hydrogen) atoms. The molecule has 0 radical (unpaired) electrons. The predicted octanol–water partition coefficient (Wildman–Crippen LogP) is 4.18. The number of anilines is 1. The van der Waals surface area contributed by atoms with Crippen LogP contribution in [0.25, 0.3) is 0 Å². The van der Waals surface area contributed by atoms with Gasteiger partial charge in [-0.1, -0.05) is 37.3 Å². The van der Waals surface area contributed by atoms with Crippen molar-refractivity contribution in [1.29, 1.82) is 0 Å². The Morgan fingerprint density at radius 2 is 1.82 bits per heavy atom. The van der Waals surface area contributed by atoms with Crippen LogP contribution in [0.3, 0.4) is 0 Å². The Bertz CT molecular complexity index is 1530. The van der Waals surface area contributed by atoms with Gasteiger partial charge in [-0.3, -0.25) is 9.59 Å². The van der Waals surface area contributed by atoms with Gasteiger partial charge in [-0.05, 0) is 74.7 Å². The molecule has 2 amide bonds. The van der Waals surface area contributed by atoms with Gasteiger partial charge in [0.15, 0.2) is 0 Å². The lowest BCUT2D eigenvalue weighted by atomic mass is 10.0. The topological polar surface area (TPSA) is 98.8 Å². The molecule has 1 atom stereocenters. The summed E-state index contributed by atoms with van der Waals surface area (Å²) >= 11 is 0. The molecule has 3 aromatic rings. The molecule has 1 saturated heterocycles.